The predicted octanol–water partition coefficient (Wildman–Crippen LogP) is 10.9. The lowest BCUT2D eigenvalue weighted by Gasteiger charge is -2.43. The van der Waals surface area contributed by atoms with Crippen LogP contribution in [-0.2, 0) is 10.8 Å². The molecule has 0 radical (unpaired) electrons. The van der Waals surface area contributed by atoms with Crippen molar-refractivity contribution in [2.75, 3.05) is 0 Å². The van der Waals surface area contributed by atoms with Crippen LogP contribution >= 0.6 is 0 Å². The Morgan fingerprint density at radius 1 is 0.315 bits per heavy atom. The Hall–Kier alpha value is -6.80. The first-order valence-electron chi connectivity index (χ1n) is 18.3. The molecule has 10 rings (SSSR count). The molecular formula is C46H38N8. The van der Waals surface area contributed by atoms with Gasteiger partial charge in [0.05, 0.1) is 45.6 Å². The molecule has 4 N–H and O–H groups in total. The third-order valence-corrected chi connectivity index (χ3v) is 11.2. The highest BCUT2D eigenvalue weighted by molar-refractivity contribution is 5.83. The van der Waals surface area contributed by atoms with E-state index in [0.29, 0.717) is 0 Å². The maximum Gasteiger partial charge on any atom is 0.0697 e. The molecule has 262 valence electrons. The summed E-state index contributed by atoms with van der Waals surface area (Å²) in [5.41, 5.74) is 16.1. The fraction of sp³-hybridized carbons (Fsp3) is 0.130. The van der Waals surface area contributed by atoms with Crippen LogP contribution in [0.3, 0.4) is 0 Å². The highest BCUT2D eigenvalue weighted by Gasteiger charge is 2.45. The van der Waals surface area contributed by atoms with Crippen molar-refractivity contribution in [3.8, 4) is 0 Å². The van der Waals surface area contributed by atoms with Crippen molar-refractivity contribution < 1.29 is 0 Å². The minimum absolute atomic E-state index is 0.537. The zero-order valence-corrected chi connectivity index (χ0v) is 30.5. The summed E-state index contributed by atoms with van der Waals surface area (Å²) >= 11 is 0. The van der Waals surface area contributed by atoms with Crippen molar-refractivity contribution in [1.82, 2.24) is 39.9 Å². The summed E-state index contributed by atoms with van der Waals surface area (Å²) < 4.78 is 0. The van der Waals surface area contributed by atoms with E-state index in [1.165, 1.54) is 0 Å². The van der Waals surface area contributed by atoms with Crippen LogP contribution in [0.5, 0.6) is 0 Å². The van der Waals surface area contributed by atoms with Gasteiger partial charge in [-0.15, -0.1) is 0 Å². The molecule has 4 aliphatic heterocycles. The summed E-state index contributed by atoms with van der Waals surface area (Å²) in [6.45, 7) is 9.21. The number of aromatic nitrogens is 8. The zero-order valence-electron chi connectivity index (χ0n) is 30.5. The molecule has 0 fully saturated rings. The Morgan fingerprint density at radius 3 is 0.778 bits per heavy atom. The largest absolute Gasteiger partial charge is 0.355 e. The van der Waals surface area contributed by atoms with E-state index < -0.39 is 10.8 Å². The fourth-order valence-corrected chi connectivity index (χ4v) is 7.92. The number of aromatic amines is 4. The van der Waals surface area contributed by atoms with Gasteiger partial charge in [-0.05, 0) is 134 Å². The van der Waals surface area contributed by atoms with Crippen LogP contribution < -0.4 is 0 Å². The van der Waals surface area contributed by atoms with E-state index in [1.807, 2.05) is 0 Å². The van der Waals surface area contributed by atoms with Gasteiger partial charge in [0.25, 0.3) is 0 Å². The van der Waals surface area contributed by atoms with E-state index in [-0.39, 0.29) is 0 Å². The molecule has 16 bridgehead atoms. The average Bonchev–Trinajstić information content (AvgIpc) is 3.96. The molecule has 8 heteroatoms. The number of nitrogens with one attached hydrogen (secondary N) is 4. The van der Waals surface area contributed by atoms with Gasteiger partial charge in [0, 0.05) is 66.1 Å². The Balaban J connectivity index is 1.24. The molecule has 0 aromatic carbocycles. The average molecular weight is 703 g/mol. The minimum Gasteiger partial charge on any atom is -0.355 e. The van der Waals surface area contributed by atoms with Crippen LogP contribution in [0.15, 0.2) is 84.9 Å². The molecule has 6 aromatic rings. The van der Waals surface area contributed by atoms with Gasteiger partial charge < -0.3 is 19.9 Å². The van der Waals surface area contributed by atoms with Crippen LogP contribution in [0.25, 0.3) is 92.7 Å². The molecule has 4 aliphatic rings. The summed E-state index contributed by atoms with van der Waals surface area (Å²) in [4.78, 5) is 35.1. The smallest absolute Gasteiger partial charge is 0.0697 e. The summed E-state index contributed by atoms with van der Waals surface area (Å²) in [5, 5.41) is 0. The van der Waals surface area contributed by atoms with Crippen molar-refractivity contribution in [2.45, 2.75) is 38.5 Å². The quantitative estimate of drug-likeness (QED) is 0.147. The summed E-state index contributed by atoms with van der Waals surface area (Å²) in [5.74, 6) is 0. The van der Waals surface area contributed by atoms with Gasteiger partial charge in [0.1, 0.15) is 0 Å². The predicted molar refractivity (Wildman–Crippen MR) is 224 cm³/mol. The van der Waals surface area contributed by atoms with Gasteiger partial charge in [0.2, 0.25) is 0 Å². The second kappa shape index (κ2) is 11.9. The third kappa shape index (κ3) is 5.54. The SMILES string of the molecule is CC(C)(c1c2nc(cc3ccc(cc4ccc(cc5nc1C=C5)[nH]4)[nH]3)C=C2)C(C)(C)c1c2nc(cc3ccc(cc4ccc(cc5nc1C=C5)[nH]4)[nH]3)C=C2. The second-order valence-corrected chi connectivity index (χ2v) is 15.4. The molecule has 0 spiro atoms. The van der Waals surface area contributed by atoms with Crippen LogP contribution in [0.1, 0.15) is 84.4 Å². The highest BCUT2D eigenvalue weighted by atomic mass is 14.8. The van der Waals surface area contributed by atoms with E-state index >= 15 is 0 Å². The van der Waals surface area contributed by atoms with Gasteiger partial charge in [-0.25, -0.2) is 19.9 Å². The summed E-state index contributed by atoms with van der Waals surface area (Å²) in [6.07, 6.45) is 16.9. The molecule has 8 nitrogen and oxygen atoms in total. The van der Waals surface area contributed by atoms with Gasteiger partial charge in [-0.1, -0.05) is 27.7 Å². The van der Waals surface area contributed by atoms with Crippen LogP contribution in [0.4, 0.5) is 0 Å². The lowest BCUT2D eigenvalue weighted by Crippen LogP contribution is -2.42. The minimum atomic E-state index is -0.537. The standard InChI is InChI=1S/C46H38N8/c1-45(2,43-39-17-13-35(51-39)23-31-9-5-27(47-31)21-28-6-10-32(48-28)24-36-14-18-40(43)52-36)46(3,4)44-41-19-15-37(53-41)25-33-11-7-29(49-33)22-30-8-12-34(50-30)26-38-16-20-42(44)54-38/h5-26,47-50H,1-4H3. The lowest BCUT2D eigenvalue weighted by molar-refractivity contribution is 0.299. The number of nitrogens with zero attached hydrogens (tertiary/aromatic N) is 4. The number of H-pyrrole nitrogens is 4. The molecule has 0 saturated carbocycles. The number of hydrogen-bond acceptors (Lipinski definition) is 4. The van der Waals surface area contributed by atoms with Crippen molar-refractivity contribution in [2.24, 2.45) is 0 Å². The number of rotatable bonds is 3. The Bertz CT molecular complexity index is 2620. The number of hydrogen-bond donors (Lipinski definition) is 4. The van der Waals surface area contributed by atoms with Gasteiger partial charge in [-0.3, -0.25) is 0 Å². The maximum atomic E-state index is 5.25. The molecule has 0 aliphatic carbocycles. The maximum absolute atomic E-state index is 5.25. The summed E-state index contributed by atoms with van der Waals surface area (Å²) in [6, 6.07) is 29.3. The Kier molecular flexibility index (Phi) is 7.01. The van der Waals surface area contributed by atoms with E-state index in [1.54, 1.807) is 0 Å². The van der Waals surface area contributed by atoms with Crippen LogP contribution in [0.2, 0.25) is 0 Å². The second-order valence-electron chi connectivity index (χ2n) is 15.4. The van der Waals surface area contributed by atoms with Gasteiger partial charge >= 0.3 is 0 Å². The lowest BCUT2D eigenvalue weighted by atomic mass is 9.59. The molecule has 6 aromatic heterocycles. The number of fused-ring (bicyclic) bond motifs is 16. The van der Waals surface area contributed by atoms with E-state index in [2.05, 4.69) is 181 Å². The van der Waals surface area contributed by atoms with E-state index in [0.717, 1.165) is 101 Å². The highest BCUT2D eigenvalue weighted by Crippen LogP contribution is 2.49. The third-order valence-electron chi connectivity index (χ3n) is 11.2. The molecule has 10 heterocycles. The molecule has 0 amide bonds. The van der Waals surface area contributed by atoms with E-state index in [4.69, 9.17) is 19.9 Å². The van der Waals surface area contributed by atoms with Crippen molar-refractivity contribution in [3.05, 3.63) is 142 Å². The summed E-state index contributed by atoms with van der Waals surface area (Å²) in [7, 11) is 0. The van der Waals surface area contributed by atoms with Crippen LogP contribution in [-0.4, -0.2) is 39.9 Å². The fourth-order valence-electron chi connectivity index (χ4n) is 7.92. The molecular weight excluding hydrogens is 665 g/mol. The van der Waals surface area contributed by atoms with Gasteiger partial charge in [0.15, 0.2) is 0 Å². The first-order valence-corrected chi connectivity index (χ1v) is 18.3. The molecule has 54 heavy (non-hydrogen) atoms. The normalized spacial score (nSPS) is 13.6. The van der Waals surface area contributed by atoms with Crippen LogP contribution in [0, 0.1) is 0 Å². The Morgan fingerprint density at radius 2 is 0.537 bits per heavy atom. The Labute approximate surface area is 311 Å². The van der Waals surface area contributed by atoms with Gasteiger partial charge in [-0.2, -0.15) is 0 Å². The first-order chi connectivity index (χ1) is 26.1. The zero-order chi connectivity index (χ0) is 36.6. The first kappa shape index (κ1) is 31.9. The monoisotopic (exact) mass is 702 g/mol. The molecule has 0 saturated heterocycles. The topological polar surface area (TPSA) is 115 Å². The van der Waals surface area contributed by atoms with E-state index in [9.17, 15) is 0 Å². The van der Waals surface area contributed by atoms with Crippen molar-refractivity contribution in [3.63, 3.8) is 0 Å². The van der Waals surface area contributed by atoms with Crippen molar-refractivity contribution in [1.29, 1.82) is 0 Å². The molecule has 0 atom stereocenters. The van der Waals surface area contributed by atoms with Crippen molar-refractivity contribution >= 4 is 92.7 Å². The molecule has 0 unspecified atom stereocenters.